The van der Waals surface area contributed by atoms with Crippen molar-refractivity contribution in [3.05, 3.63) is 0 Å². The molecule has 0 unspecified atom stereocenters. The van der Waals surface area contributed by atoms with Crippen LogP contribution in [0.5, 0.6) is 0 Å². The summed E-state index contributed by atoms with van der Waals surface area (Å²) in [6, 6.07) is -0.549. The number of nitrogens with one attached hydrogen (secondary N) is 2. The van der Waals surface area contributed by atoms with Crippen LogP contribution in [0.3, 0.4) is 0 Å². The van der Waals surface area contributed by atoms with Gasteiger partial charge in [-0.2, -0.15) is 0 Å². The number of carboxylic acids is 1. The van der Waals surface area contributed by atoms with Crippen LogP contribution in [0.25, 0.3) is 0 Å². The van der Waals surface area contributed by atoms with Gasteiger partial charge >= 0.3 is 12.0 Å². The van der Waals surface area contributed by atoms with Crippen molar-refractivity contribution in [1.82, 2.24) is 15.5 Å². The molecule has 0 aromatic heterocycles. The first-order valence-corrected chi connectivity index (χ1v) is 6.27. The summed E-state index contributed by atoms with van der Waals surface area (Å²) in [5.74, 6) is -1.17. The van der Waals surface area contributed by atoms with Gasteiger partial charge in [-0.1, -0.05) is 0 Å². The van der Waals surface area contributed by atoms with E-state index in [0.717, 1.165) is 0 Å². The lowest BCUT2D eigenvalue weighted by atomic mass is 10.0. The first-order chi connectivity index (χ1) is 8.71. The predicted octanol–water partition coefficient (Wildman–Crippen LogP) is 0.407. The van der Waals surface area contributed by atoms with E-state index in [4.69, 9.17) is 5.11 Å². The Hall–Kier alpha value is -1.79. The Morgan fingerprint density at radius 3 is 2.11 bits per heavy atom. The molecule has 0 bridgehead atoms. The Morgan fingerprint density at radius 2 is 1.68 bits per heavy atom. The maximum Gasteiger partial charge on any atom is 0.315 e. The molecular formula is C12H23N3O4. The average molecular weight is 273 g/mol. The van der Waals surface area contributed by atoms with Crippen molar-refractivity contribution >= 4 is 17.9 Å². The molecule has 0 saturated heterocycles. The number of aliphatic carboxylic acids is 1. The Labute approximate surface area is 113 Å². The molecule has 0 atom stereocenters. The lowest BCUT2D eigenvalue weighted by Gasteiger charge is -2.25. The molecule has 0 aliphatic rings. The minimum absolute atomic E-state index is 0.101. The average Bonchev–Trinajstić information content (AvgIpc) is 2.25. The smallest absolute Gasteiger partial charge is 0.315 e. The minimum atomic E-state index is -0.996. The molecule has 0 fully saturated rings. The van der Waals surface area contributed by atoms with E-state index in [2.05, 4.69) is 10.6 Å². The summed E-state index contributed by atoms with van der Waals surface area (Å²) in [5, 5.41) is 13.6. The van der Waals surface area contributed by atoms with E-state index in [0.29, 0.717) is 13.1 Å². The SMILES string of the molecule is CCN(CC)C(=O)CNC(=O)NC(C)(C)CC(=O)O. The second-order valence-electron chi connectivity index (χ2n) is 4.83. The molecular weight excluding hydrogens is 250 g/mol. The number of nitrogens with zero attached hydrogens (tertiary/aromatic N) is 1. The second-order valence-corrected chi connectivity index (χ2v) is 4.83. The molecule has 0 aromatic rings. The van der Waals surface area contributed by atoms with Gasteiger partial charge in [0.25, 0.3) is 0 Å². The monoisotopic (exact) mass is 273 g/mol. The molecule has 0 radical (unpaired) electrons. The van der Waals surface area contributed by atoms with Crippen LogP contribution in [0.15, 0.2) is 0 Å². The van der Waals surface area contributed by atoms with Crippen LogP contribution < -0.4 is 10.6 Å². The molecule has 3 N–H and O–H groups in total. The fourth-order valence-corrected chi connectivity index (χ4v) is 1.62. The van der Waals surface area contributed by atoms with E-state index in [9.17, 15) is 14.4 Å². The van der Waals surface area contributed by atoms with Gasteiger partial charge in [-0.15, -0.1) is 0 Å². The van der Waals surface area contributed by atoms with Gasteiger partial charge < -0.3 is 20.6 Å². The van der Waals surface area contributed by atoms with Crippen LogP contribution in [-0.4, -0.2) is 53.1 Å². The third-order valence-electron chi connectivity index (χ3n) is 2.56. The van der Waals surface area contributed by atoms with Gasteiger partial charge in [0.2, 0.25) is 5.91 Å². The van der Waals surface area contributed by atoms with Gasteiger partial charge in [0.1, 0.15) is 0 Å². The number of hydrogen-bond acceptors (Lipinski definition) is 3. The summed E-state index contributed by atoms with van der Waals surface area (Å²) >= 11 is 0. The van der Waals surface area contributed by atoms with E-state index in [1.54, 1.807) is 18.7 Å². The highest BCUT2D eigenvalue weighted by Gasteiger charge is 2.24. The maximum absolute atomic E-state index is 11.6. The summed E-state index contributed by atoms with van der Waals surface area (Å²) in [5.41, 5.74) is -0.867. The van der Waals surface area contributed by atoms with Crippen molar-refractivity contribution in [3.63, 3.8) is 0 Å². The Morgan fingerprint density at radius 1 is 1.16 bits per heavy atom. The summed E-state index contributed by atoms with van der Waals surface area (Å²) in [6.07, 6.45) is -0.190. The van der Waals surface area contributed by atoms with Gasteiger partial charge in [-0.05, 0) is 27.7 Å². The van der Waals surface area contributed by atoms with E-state index >= 15 is 0 Å². The number of urea groups is 1. The first-order valence-electron chi connectivity index (χ1n) is 6.27. The molecule has 0 aromatic carbocycles. The maximum atomic E-state index is 11.6. The summed E-state index contributed by atoms with van der Waals surface area (Å²) < 4.78 is 0. The van der Waals surface area contributed by atoms with Gasteiger partial charge in [0.15, 0.2) is 0 Å². The Bertz CT molecular complexity index is 338. The standard InChI is InChI=1S/C12H23N3O4/c1-5-15(6-2)9(16)8-13-11(19)14-12(3,4)7-10(17)18/h5-8H2,1-4H3,(H,17,18)(H2,13,14,19). The van der Waals surface area contributed by atoms with E-state index in [1.165, 1.54) is 0 Å². The fraction of sp³-hybridized carbons (Fsp3) is 0.750. The van der Waals surface area contributed by atoms with Crippen molar-refractivity contribution < 1.29 is 19.5 Å². The van der Waals surface area contributed by atoms with Crippen LogP contribution in [0.1, 0.15) is 34.1 Å². The number of amides is 3. The Balaban J connectivity index is 4.19. The van der Waals surface area contributed by atoms with Crippen molar-refractivity contribution in [2.75, 3.05) is 19.6 Å². The van der Waals surface area contributed by atoms with Crippen molar-refractivity contribution in [3.8, 4) is 0 Å². The molecule has 3 amide bonds. The van der Waals surface area contributed by atoms with Gasteiger partial charge in [0.05, 0.1) is 13.0 Å². The third kappa shape index (κ3) is 7.28. The van der Waals surface area contributed by atoms with Gasteiger partial charge in [-0.3, -0.25) is 9.59 Å². The number of carboxylic acid groups (broad SMARTS) is 1. The molecule has 0 rings (SSSR count). The molecule has 7 heteroatoms. The van der Waals surface area contributed by atoms with Crippen LogP contribution in [0.4, 0.5) is 4.79 Å². The lowest BCUT2D eigenvalue weighted by Crippen LogP contribution is -2.51. The summed E-state index contributed by atoms with van der Waals surface area (Å²) in [4.78, 5) is 35.4. The molecule has 0 aliphatic heterocycles. The van der Waals surface area contributed by atoms with E-state index in [-0.39, 0.29) is 18.9 Å². The minimum Gasteiger partial charge on any atom is -0.481 e. The predicted molar refractivity (Wildman–Crippen MR) is 70.8 cm³/mol. The molecule has 19 heavy (non-hydrogen) atoms. The molecule has 110 valence electrons. The van der Waals surface area contributed by atoms with Gasteiger partial charge in [0, 0.05) is 18.6 Å². The van der Waals surface area contributed by atoms with E-state index < -0.39 is 17.5 Å². The fourth-order valence-electron chi connectivity index (χ4n) is 1.62. The number of carbonyl (C=O) groups excluding carboxylic acids is 2. The number of rotatable bonds is 7. The number of carbonyl (C=O) groups is 3. The highest BCUT2D eigenvalue weighted by Crippen LogP contribution is 2.07. The van der Waals surface area contributed by atoms with Crippen LogP contribution in [0, 0.1) is 0 Å². The summed E-state index contributed by atoms with van der Waals surface area (Å²) in [7, 11) is 0. The van der Waals surface area contributed by atoms with Crippen LogP contribution in [0.2, 0.25) is 0 Å². The van der Waals surface area contributed by atoms with Gasteiger partial charge in [-0.25, -0.2) is 4.79 Å². The number of likely N-dealkylation sites (N-methyl/N-ethyl adjacent to an activating group) is 1. The topological polar surface area (TPSA) is 98.7 Å². The Kier molecular flexibility index (Phi) is 6.89. The molecule has 0 saturated carbocycles. The first kappa shape index (κ1) is 17.2. The van der Waals surface area contributed by atoms with E-state index in [1.807, 2.05) is 13.8 Å². The zero-order valence-corrected chi connectivity index (χ0v) is 11.9. The molecule has 0 spiro atoms. The highest BCUT2D eigenvalue weighted by molar-refractivity contribution is 5.84. The summed E-state index contributed by atoms with van der Waals surface area (Å²) in [6.45, 7) is 8.00. The quantitative estimate of drug-likeness (QED) is 0.625. The lowest BCUT2D eigenvalue weighted by molar-refractivity contribution is -0.138. The third-order valence-corrected chi connectivity index (χ3v) is 2.56. The molecule has 0 aliphatic carbocycles. The van der Waals surface area contributed by atoms with Crippen molar-refractivity contribution in [2.24, 2.45) is 0 Å². The zero-order chi connectivity index (χ0) is 15.1. The molecule has 0 heterocycles. The highest BCUT2D eigenvalue weighted by atomic mass is 16.4. The molecule has 7 nitrogen and oxygen atoms in total. The number of hydrogen-bond donors (Lipinski definition) is 3. The van der Waals surface area contributed by atoms with Crippen LogP contribution >= 0.6 is 0 Å². The van der Waals surface area contributed by atoms with Crippen molar-refractivity contribution in [1.29, 1.82) is 0 Å². The van der Waals surface area contributed by atoms with Crippen molar-refractivity contribution in [2.45, 2.75) is 39.7 Å². The zero-order valence-electron chi connectivity index (χ0n) is 11.9. The largest absolute Gasteiger partial charge is 0.481 e. The second kappa shape index (κ2) is 7.60. The van der Waals surface area contributed by atoms with Crippen LogP contribution in [-0.2, 0) is 9.59 Å². The normalized spacial score (nSPS) is 10.7.